The smallest absolute Gasteiger partial charge is 0.254 e. The zero-order chi connectivity index (χ0) is 17.9. The van der Waals surface area contributed by atoms with Crippen molar-refractivity contribution in [1.29, 1.82) is 0 Å². The van der Waals surface area contributed by atoms with E-state index in [1.807, 2.05) is 24.3 Å². The van der Waals surface area contributed by atoms with E-state index < -0.39 is 0 Å². The number of piperazine rings is 1. The third-order valence-electron chi connectivity index (χ3n) is 5.06. The number of benzene rings is 1. The molecule has 1 N–H and O–H groups in total. The van der Waals surface area contributed by atoms with Gasteiger partial charge in [0.25, 0.3) is 5.78 Å². The van der Waals surface area contributed by atoms with Crippen LogP contribution in [0.3, 0.4) is 0 Å². The molecule has 4 rings (SSSR count). The molecule has 136 valence electrons. The van der Waals surface area contributed by atoms with Crippen molar-refractivity contribution in [3.8, 4) is 11.3 Å². The van der Waals surface area contributed by atoms with E-state index in [9.17, 15) is 0 Å². The van der Waals surface area contributed by atoms with Crippen LogP contribution in [0.5, 0.6) is 0 Å². The Kier molecular flexibility index (Phi) is 4.81. The van der Waals surface area contributed by atoms with Crippen LogP contribution in [0, 0.1) is 0 Å². The van der Waals surface area contributed by atoms with Crippen LogP contribution in [0.4, 0.5) is 5.82 Å². The first-order valence-corrected chi connectivity index (χ1v) is 9.13. The molecule has 7 heteroatoms. The fourth-order valence-electron chi connectivity index (χ4n) is 3.34. The molecule has 1 saturated heterocycles. The van der Waals surface area contributed by atoms with Crippen molar-refractivity contribution in [3.05, 3.63) is 42.7 Å². The molecule has 1 aliphatic rings. The molecule has 0 amide bonds. The third-order valence-corrected chi connectivity index (χ3v) is 5.06. The topological polar surface area (TPSA) is 61.6 Å². The van der Waals surface area contributed by atoms with E-state index in [2.05, 4.69) is 56.3 Å². The van der Waals surface area contributed by atoms with E-state index >= 15 is 0 Å². The number of aromatic nitrogens is 4. The second kappa shape index (κ2) is 7.39. The van der Waals surface area contributed by atoms with Crippen LogP contribution in [0.15, 0.2) is 42.7 Å². The van der Waals surface area contributed by atoms with Gasteiger partial charge in [-0.2, -0.15) is 14.6 Å². The highest BCUT2D eigenvalue weighted by molar-refractivity contribution is 5.65. The maximum Gasteiger partial charge on any atom is 0.254 e. The van der Waals surface area contributed by atoms with Gasteiger partial charge >= 0.3 is 0 Å². The second-order valence-corrected chi connectivity index (χ2v) is 6.93. The number of nitrogens with one attached hydrogen (secondary N) is 1. The first-order valence-electron chi connectivity index (χ1n) is 9.13. The van der Waals surface area contributed by atoms with Gasteiger partial charge in [-0.1, -0.05) is 30.3 Å². The van der Waals surface area contributed by atoms with Crippen LogP contribution in [-0.2, 0) is 0 Å². The van der Waals surface area contributed by atoms with Crippen molar-refractivity contribution in [1.82, 2.24) is 29.4 Å². The number of hydrogen-bond donors (Lipinski definition) is 1. The highest BCUT2D eigenvalue weighted by Crippen LogP contribution is 2.21. The summed E-state index contributed by atoms with van der Waals surface area (Å²) in [5.41, 5.74) is 1.98. The largest absolute Gasteiger partial charge is 0.368 e. The number of fused-ring (bicyclic) bond motifs is 1. The molecule has 0 saturated carbocycles. The summed E-state index contributed by atoms with van der Waals surface area (Å²) in [7, 11) is 2.18. The Morgan fingerprint density at radius 1 is 1.12 bits per heavy atom. The quantitative estimate of drug-likeness (QED) is 0.757. The lowest BCUT2D eigenvalue weighted by Gasteiger charge is -2.36. The summed E-state index contributed by atoms with van der Waals surface area (Å²) >= 11 is 0. The zero-order valence-electron chi connectivity index (χ0n) is 15.3. The molecule has 3 aromatic rings. The van der Waals surface area contributed by atoms with Crippen LogP contribution in [-0.4, -0.2) is 75.2 Å². The van der Waals surface area contributed by atoms with Crippen LogP contribution in [0.2, 0.25) is 0 Å². The maximum atomic E-state index is 4.62. The van der Waals surface area contributed by atoms with Gasteiger partial charge in [-0.05, 0) is 14.0 Å². The molecule has 1 atom stereocenters. The molecule has 0 spiro atoms. The summed E-state index contributed by atoms with van der Waals surface area (Å²) in [6.07, 6.45) is 1.55. The molecule has 26 heavy (non-hydrogen) atoms. The summed E-state index contributed by atoms with van der Waals surface area (Å²) in [4.78, 5) is 13.8. The number of anilines is 1. The first-order chi connectivity index (χ1) is 12.7. The Bertz CT molecular complexity index is 853. The summed E-state index contributed by atoms with van der Waals surface area (Å²) in [5.74, 6) is 1.54. The molecule has 0 radical (unpaired) electrons. The van der Waals surface area contributed by atoms with Crippen LogP contribution >= 0.6 is 0 Å². The number of nitrogens with zero attached hydrogens (tertiary/aromatic N) is 6. The Balaban J connectivity index is 1.53. The van der Waals surface area contributed by atoms with E-state index in [4.69, 9.17) is 0 Å². The fraction of sp³-hybridized carbons (Fsp3) is 0.421. The summed E-state index contributed by atoms with van der Waals surface area (Å²) < 4.78 is 1.77. The minimum absolute atomic E-state index is 0.454. The van der Waals surface area contributed by atoms with Crippen molar-refractivity contribution < 1.29 is 0 Å². The third kappa shape index (κ3) is 3.54. The van der Waals surface area contributed by atoms with E-state index in [1.165, 1.54) is 0 Å². The molecule has 3 heterocycles. The molecule has 1 unspecified atom stereocenters. The van der Waals surface area contributed by atoms with Crippen LogP contribution < -0.4 is 5.32 Å². The molecule has 1 fully saturated rings. The van der Waals surface area contributed by atoms with Crippen LogP contribution in [0.25, 0.3) is 17.0 Å². The predicted octanol–water partition coefficient (Wildman–Crippen LogP) is 1.84. The summed E-state index contributed by atoms with van der Waals surface area (Å²) in [5, 5.41) is 7.87. The van der Waals surface area contributed by atoms with Crippen molar-refractivity contribution in [2.45, 2.75) is 13.0 Å². The van der Waals surface area contributed by atoms with Gasteiger partial charge in [-0.25, -0.2) is 4.98 Å². The van der Waals surface area contributed by atoms with Crippen molar-refractivity contribution in [2.75, 3.05) is 45.1 Å². The van der Waals surface area contributed by atoms with Gasteiger partial charge in [0, 0.05) is 50.4 Å². The van der Waals surface area contributed by atoms with Gasteiger partial charge in [-0.15, -0.1) is 0 Å². The van der Waals surface area contributed by atoms with E-state index in [1.54, 1.807) is 10.8 Å². The molecule has 2 aromatic heterocycles. The normalized spacial score (nSPS) is 17.5. The number of likely N-dealkylation sites (N-methyl/N-ethyl adjacent to an activating group) is 1. The fourth-order valence-corrected chi connectivity index (χ4v) is 3.34. The zero-order valence-corrected chi connectivity index (χ0v) is 15.3. The molecular formula is C19H25N7. The van der Waals surface area contributed by atoms with Gasteiger partial charge in [0.1, 0.15) is 12.1 Å². The number of hydrogen-bond acceptors (Lipinski definition) is 6. The minimum Gasteiger partial charge on any atom is -0.368 e. The Morgan fingerprint density at radius 3 is 2.65 bits per heavy atom. The molecule has 1 aliphatic heterocycles. The summed E-state index contributed by atoms with van der Waals surface area (Å²) in [6.45, 7) is 7.62. The molecule has 0 aliphatic carbocycles. The maximum absolute atomic E-state index is 4.62. The Hall–Kier alpha value is -2.51. The van der Waals surface area contributed by atoms with E-state index in [0.29, 0.717) is 11.8 Å². The monoisotopic (exact) mass is 351 g/mol. The SMILES string of the molecule is CC(CNc1cc(-c2ccccc2)nc2ncnn12)N1CCN(C)CC1. The standard InChI is InChI=1S/C19H25N7/c1-15(25-10-8-24(2)9-11-25)13-20-18-12-17(16-6-4-3-5-7-16)23-19-21-14-22-26(18)19/h3-7,12,14-15,20H,8-11,13H2,1-2H3. The summed E-state index contributed by atoms with van der Waals surface area (Å²) in [6, 6.07) is 12.7. The lowest BCUT2D eigenvalue weighted by molar-refractivity contribution is 0.123. The lowest BCUT2D eigenvalue weighted by Crippen LogP contribution is -2.50. The molecule has 7 nitrogen and oxygen atoms in total. The minimum atomic E-state index is 0.454. The molecule has 1 aromatic carbocycles. The van der Waals surface area contributed by atoms with Crippen molar-refractivity contribution in [3.63, 3.8) is 0 Å². The highest BCUT2D eigenvalue weighted by atomic mass is 15.4. The van der Waals surface area contributed by atoms with Crippen molar-refractivity contribution in [2.24, 2.45) is 0 Å². The molecule has 0 bridgehead atoms. The van der Waals surface area contributed by atoms with Gasteiger partial charge < -0.3 is 10.2 Å². The highest BCUT2D eigenvalue weighted by Gasteiger charge is 2.19. The van der Waals surface area contributed by atoms with E-state index in [-0.39, 0.29) is 0 Å². The van der Waals surface area contributed by atoms with E-state index in [0.717, 1.165) is 49.8 Å². The van der Waals surface area contributed by atoms with Crippen molar-refractivity contribution >= 4 is 11.6 Å². The first kappa shape index (κ1) is 16.9. The number of rotatable bonds is 5. The Morgan fingerprint density at radius 2 is 1.88 bits per heavy atom. The van der Waals surface area contributed by atoms with Gasteiger partial charge in [0.05, 0.1) is 5.69 Å². The lowest BCUT2D eigenvalue weighted by atomic mass is 10.1. The van der Waals surface area contributed by atoms with Gasteiger partial charge in [0.2, 0.25) is 0 Å². The van der Waals surface area contributed by atoms with Crippen LogP contribution in [0.1, 0.15) is 6.92 Å². The molecular weight excluding hydrogens is 326 g/mol. The average Bonchev–Trinajstić information content (AvgIpc) is 3.16. The van der Waals surface area contributed by atoms with Gasteiger partial charge in [-0.3, -0.25) is 4.90 Å². The van der Waals surface area contributed by atoms with Gasteiger partial charge in [0.15, 0.2) is 0 Å². The Labute approximate surface area is 153 Å². The average molecular weight is 351 g/mol. The second-order valence-electron chi connectivity index (χ2n) is 6.93. The predicted molar refractivity (Wildman–Crippen MR) is 103 cm³/mol.